The normalized spacial score (nSPS) is 24.0. The Balaban J connectivity index is 1.90. The molecule has 1 saturated heterocycles. The van der Waals surface area contributed by atoms with Crippen molar-refractivity contribution < 1.29 is 0 Å². The van der Waals surface area contributed by atoms with Crippen LogP contribution in [0.3, 0.4) is 0 Å². The van der Waals surface area contributed by atoms with Crippen LogP contribution in [-0.2, 0) is 13.5 Å². The molecule has 1 fully saturated rings. The molecule has 2 unspecified atom stereocenters. The van der Waals surface area contributed by atoms with Crippen LogP contribution in [-0.4, -0.2) is 26.8 Å². The van der Waals surface area contributed by atoms with Gasteiger partial charge in [0.1, 0.15) is 0 Å². The fourth-order valence-corrected chi connectivity index (χ4v) is 3.23. The summed E-state index contributed by atoms with van der Waals surface area (Å²) in [5.74, 6) is 1.28. The smallest absolute Gasteiger partial charge is 0.0522 e. The van der Waals surface area contributed by atoms with Crippen molar-refractivity contribution in [2.75, 3.05) is 5.75 Å². The van der Waals surface area contributed by atoms with Gasteiger partial charge in [-0.1, -0.05) is 0 Å². The first-order valence-electron chi connectivity index (χ1n) is 5.10. The number of aromatic nitrogens is 2. The minimum absolute atomic E-state index is 0.298. The highest BCUT2D eigenvalue weighted by molar-refractivity contribution is 8.00. The SMILES string of the molecule is Cn1cc(CC(N)C2CCCS2)cn1. The third-order valence-electron chi connectivity index (χ3n) is 2.67. The van der Waals surface area contributed by atoms with Gasteiger partial charge in [0, 0.05) is 24.5 Å². The minimum Gasteiger partial charge on any atom is -0.326 e. The standard InChI is InChI=1S/C10H17N3S/c1-13-7-8(6-12-13)5-9(11)10-3-2-4-14-10/h6-7,9-10H,2-5,11H2,1H3. The van der Waals surface area contributed by atoms with Crippen LogP contribution in [0.4, 0.5) is 0 Å². The van der Waals surface area contributed by atoms with Gasteiger partial charge in [-0.05, 0) is 30.6 Å². The average molecular weight is 211 g/mol. The zero-order valence-electron chi connectivity index (χ0n) is 8.52. The molecular weight excluding hydrogens is 194 g/mol. The Morgan fingerprint density at radius 3 is 3.21 bits per heavy atom. The molecule has 0 radical (unpaired) electrons. The second-order valence-corrected chi connectivity index (χ2v) is 5.29. The van der Waals surface area contributed by atoms with E-state index in [0.29, 0.717) is 11.3 Å². The Bertz CT molecular complexity index is 291. The lowest BCUT2D eigenvalue weighted by atomic mass is 10.0. The van der Waals surface area contributed by atoms with Gasteiger partial charge in [-0.25, -0.2) is 0 Å². The number of nitrogens with two attached hydrogens (primary N) is 1. The topological polar surface area (TPSA) is 43.8 Å². The molecule has 0 saturated carbocycles. The van der Waals surface area contributed by atoms with Gasteiger partial charge in [0.2, 0.25) is 0 Å². The van der Waals surface area contributed by atoms with Crippen molar-refractivity contribution >= 4 is 11.8 Å². The van der Waals surface area contributed by atoms with Gasteiger partial charge in [-0.15, -0.1) is 0 Å². The van der Waals surface area contributed by atoms with E-state index in [-0.39, 0.29) is 0 Å². The molecule has 0 amide bonds. The summed E-state index contributed by atoms with van der Waals surface area (Å²) in [5, 5.41) is 4.81. The molecule has 1 aliphatic rings. The van der Waals surface area contributed by atoms with Crippen LogP contribution in [0.5, 0.6) is 0 Å². The highest BCUT2D eigenvalue weighted by Gasteiger charge is 2.22. The monoisotopic (exact) mass is 211 g/mol. The van der Waals surface area contributed by atoms with Crippen LogP contribution in [0.1, 0.15) is 18.4 Å². The molecule has 1 aromatic rings. The molecule has 78 valence electrons. The molecule has 0 aliphatic carbocycles. The van der Waals surface area contributed by atoms with E-state index in [1.165, 1.54) is 24.2 Å². The van der Waals surface area contributed by atoms with Crippen molar-refractivity contribution in [3.63, 3.8) is 0 Å². The van der Waals surface area contributed by atoms with E-state index in [1.54, 1.807) is 0 Å². The third-order valence-corrected chi connectivity index (χ3v) is 4.21. The van der Waals surface area contributed by atoms with E-state index in [9.17, 15) is 0 Å². The molecule has 2 atom stereocenters. The second kappa shape index (κ2) is 4.36. The Morgan fingerprint density at radius 1 is 1.79 bits per heavy atom. The van der Waals surface area contributed by atoms with Gasteiger partial charge in [-0.3, -0.25) is 4.68 Å². The zero-order chi connectivity index (χ0) is 9.97. The van der Waals surface area contributed by atoms with E-state index >= 15 is 0 Å². The Hall–Kier alpha value is -0.480. The van der Waals surface area contributed by atoms with E-state index < -0.39 is 0 Å². The van der Waals surface area contributed by atoms with Crippen molar-refractivity contribution in [1.82, 2.24) is 9.78 Å². The highest BCUT2D eigenvalue weighted by atomic mass is 32.2. The van der Waals surface area contributed by atoms with E-state index in [0.717, 1.165) is 6.42 Å². The van der Waals surface area contributed by atoms with Crippen LogP contribution in [0.25, 0.3) is 0 Å². The number of hydrogen-bond donors (Lipinski definition) is 1. The Labute approximate surface area is 89.1 Å². The van der Waals surface area contributed by atoms with E-state index in [1.807, 2.05) is 29.7 Å². The lowest BCUT2D eigenvalue weighted by Gasteiger charge is -2.16. The second-order valence-electron chi connectivity index (χ2n) is 3.94. The molecule has 14 heavy (non-hydrogen) atoms. The third kappa shape index (κ3) is 2.30. The molecular formula is C10H17N3S. The van der Waals surface area contributed by atoms with Gasteiger partial charge < -0.3 is 5.73 Å². The maximum atomic E-state index is 6.16. The predicted molar refractivity (Wildman–Crippen MR) is 60.4 cm³/mol. The summed E-state index contributed by atoms with van der Waals surface area (Å²) in [4.78, 5) is 0. The number of thioether (sulfide) groups is 1. The van der Waals surface area contributed by atoms with Gasteiger partial charge in [0.15, 0.2) is 0 Å². The molecule has 4 heteroatoms. The van der Waals surface area contributed by atoms with Gasteiger partial charge in [-0.2, -0.15) is 16.9 Å². The largest absolute Gasteiger partial charge is 0.326 e. The molecule has 0 bridgehead atoms. The molecule has 0 spiro atoms. The molecule has 2 rings (SSSR count). The van der Waals surface area contributed by atoms with Crippen LogP contribution >= 0.6 is 11.8 Å². The van der Waals surface area contributed by atoms with Crippen LogP contribution < -0.4 is 5.73 Å². The number of rotatable bonds is 3. The van der Waals surface area contributed by atoms with E-state index in [2.05, 4.69) is 11.3 Å². The summed E-state index contributed by atoms with van der Waals surface area (Å²) in [5.41, 5.74) is 7.42. The first-order valence-corrected chi connectivity index (χ1v) is 6.15. The van der Waals surface area contributed by atoms with Crippen molar-refractivity contribution in [2.24, 2.45) is 12.8 Å². The zero-order valence-corrected chi connectivity index (χ0v) is 9.33. The lowest BCUT2D eigenvalue weighted by Crippen LogP contribution is -2.32. The van der Waals surface area contributed by atoms with Gasteiger partial charge >= 0.3 is 0 Å². The summed E-state index contributed by atoms with van der Waals surface area (Å²) in [6.45, 7) is 0. The lowest BCUT2D eigenvalue weighted by molar-refractivity contribution is 0.609. The molecule has 1 aromatic heterocycles. The van der Waals surface area contributed by atoms with E-state index in [4.69, 9.17) is 5.73 Å². The van der Waals surface area contributed by atoms with Crippen molar-refractivity contribution in [1.29, 1.82) is 0 Å². The van der Waals surface area contributed by atoms with Gasteiger partial charge in [0.25, 0.3) is 0 Å². The van der Waals surface area contributed by atoms with Crippen LogP contribution in [0.2, 0.25) is 0 Å². The fourth-order valence-electron chi connectivity index (χ4n) is 1.92. The maximum Gasteiger partial charge on any atom is 0.0522 e. The molecule has 3 nitrogen and oxygen atoms in total. The summed E-state index contributed by atoms with van der Waals surface area (Å²) in [6, 6.07) is 0.298. The van der Waals surface area contributed by atoms with Crippen LogP contribution in [0.15, 0.2) is 12.4 Å². The number of nitrogens with zero attached hydrogens (tertiary/aromatic N) is 2. The minimum atomic E-state index is 0.298. The quantitative estimate of drug-likeness (QED) is 0.816. The van der Waals surface area contributed by atoms with Crippen molar-refractivity contribution in [3.05, 3.63) is 18.0 Å². The fraction of sp³-hybridized carbons (Fsp3) is 0.700. The summed E-state index contributed by atoms with van der Waals surface area (Å²) in [6.07, 6.45) is 7.55. The summed E-state index contributed by atoms with van der Waals surface area (Å²) < 4.78 is 1.84. The van der Waals surface area contributed by atoms with Crippen molar-refractivity contribution in [2.45, 2.75) is 30.6 Å². The first-order chi connectivity index (χ1) is 6.75. The number of aryl methyl sites for hydroxylation is 1. The molecule has 2 heterocycles. The Morgan fingerprint density at radius 2 is 2.64 bits per heavy atom. The average Bonchev–Trinajstić information content (AvgIpc) is 2.75. The predicted octanol–water partition coefficient (Wildman–Crippen LogP) is 1.19. The van der Waals surface area contributed by atoms with Crippen LogP contribution in [0, 0.1) is 0 Å². The summed E-state index contributed by atoms with van der Waals surface area (Å²) in [7, 11) is 1.94. The van der Waals surface area contributed by atoms with Crippen molar-refractivity contribution in [3.8, 4) is 0 Å². The molecule has 1 aliphatic heterocycles. The summed E-state index contributed by atoms with van der Waals surface area (Å²) >= 11 is 2.02. The highest BCUT2D eigenvalue weighted by Crippen LogP contribution is 2.29. The molecule has 0 aromatic carbocycles. The number of hydrogen-bond acceptors (Lipinski definition) is 3. The maximum absolute atomic E-state index is 6.16. The first kappa shape index (κ1) is 10.1. The molecule has 2 N–H and O–H groups in total. The van der Waals surface area contributed by atoms with Gasteiger partial charge in [0.05, 0.1) is 6.20 Å². The Kier molecular flexibility index (Phi) is 3.13.